The van der Waals surface area contributed by atoms with E-state index >= 15 is 0 Å². The van der Waals surface area contributed by atoms with E-state index in [-0.39, 0.29) is 17.4 Å². The second-order valence-electron chi connectivity index (χ2n) is 6.37. The second kappa shape index (κ2) is 6.57. The Morgan fingerprint density at radius 2 is 2.00 bits per heavy atom. The zero-order valence-electron chi connectivity index (χ0n) is 13.3. The molecule has 1 heterocycles. The fourth-order valence-corrected chi connectivity index (χ4v) is 2.23. The lowest BCUT2D eigenvalue weighted by Gasteiger charge is -2.25. The molecule has 1 aromatic rings. The monoisotopic (exact) mass is 296 g/mol. The maximum atomic E-state index is 12.5. The highest BCUT2D eigenvalue weighted by Gasteiger charge is 2.22. The highest BCUT2D eigenvalue weighted by molar-refractivity contribution is 6.29. The van der Waals surface area contributed by atoms with Gasteiger partial charge in [-0.1, -0.05) is 45.7 Å². The Labute approximate surface area is 127 Å². The largest absolute Gasteiger partial charge is 0.339 e. The van der Waals surface area contributed by atoms with Crippen LogP contribution in [0.15, 0.2) is 12.1 Å². The molecule has 1 rings (SSSR count). The number of hydrogen-bond donors (Lipinski definition) is 0. The van der Waals surface area contributed by atoms with Crippen molar-refractivity contribution in [2.24, 2.45) is 0 Å². The van der Waals surface area contributed by atoms with Crippen LogP contribution in [0.25, 0.3) is 0 Å². The molecule has 20 heavy (non-hydrogen) atoms. The normalized spacial score (nSPS) is 13.2. The first-order valence-corrected chi connectivity index (χ1v) is 7.49. The van der Waals surface area contributed by atoms with Crippen LogP contribution in [0.4, 0.5) is 0 Å². The van der Waals surface area contributed by atoms with Crippen LogP contribution in [0.1, 0.15) is 63.5 Å². The smallest absolute Gasteiger partial charge is 0.254 e. The summed E-state index contributed by atoms with van der Waals surface area (Å²) in [6, 6.07) is 3.72. The first kappa shape index (κ1) is 17.0. The van der Waals surface area contributed by atoms with Crippen LogP contribution in [-0.2, 0) is 5.41 Å². The van der Waals surface area contributed by atoms with Crippen LogP contribution in [0.2, 0.25) is 5.15 Å². The lowest BCUT2D eigenvalue weighted by Crippen LogP contribution is -2.35. The minimum Gasteiger partial charge on any atom is -0.339 e. The molecule has 0 aromatic carbocycles. The molecule has 0 saturated heterocycles. The fraction of sp³-hybridized carbons (Fsp3) is 0.625. The minimum atomic E-state index is -0.131. The van der Waals surface area contributed by atoms with Crippen molar-refractivity contribution in [2.45, 2.75) is 58.9 Å². The number of carbonyl (C=O) groups is 1. The summed E-state index contributed by atoms with van der Waals surface area (Å²) in [7, 11) is 1.84. The van der Waals surface area contributed by atoms with Gasteiger partial charge in [-0.15, -0.1) is 0 Å². The van der Waals surface area contributed by atoms with Crippen LogP contribution < -0.4 is 0 Å². The third-order valence-corrected chi connectivity index (χ3v) is 3.69. The van der Waals surface area contributed by atoms with Crippen LogP contribution in [0.5, 0.6) is 0 Å². The SMILES string of the molecule is CCCC(C)N(C)C(=O)c1cc(Cl)nc(C(C)(C)C)c1. The van der Waals surface area contributed by atoms with Gasteiger partial charge >= 0.3 is 0 Å². The Balaban J connectivity index is 3.07. The molecule has 4 heteroatoms. The lowest BCUT2D eigenvalue weighted by atomic mass is 9.90. The van der Waals surface area contributed by atoms with Crippen molar-refractivity contribution in [3.8, 4) is 0 Å². The first-order valence-electron chi connectivity index (χ1n) is 7.12. The van der Waals surface area contributed by atoms with E-state index in [0.29, 0.717) is 10.7 Å². The number of pyridine rings is 1. The van der Waals surface area contributed by atoms with Gasteiger partial charge in [0, 0.05) is 29.8 Å². The van der Waals surface area contributed by atoms with Gasteiger partial charge < -0.3 is 4.90 Å². The van der Waals surface area contributed by atoms with Crippen molar-refractivity contribution in [3.63, 3.8) is 0 Å². The van der Waals surface area contributed by atoms with Crippen molar-refractivity contribution in [2.75, 3.05) is 7.05 Å². The van der Waals surface area contributed by atoms with Crippen LogP contribution >= 0.6 is 11.6 Å². The van der Waals surface area contributed by atoms with Crippen molar-refractivity contribution in [3.05, 3.63) is 28.5 Å². The molecule has 3 nitrogen and oxygen atoms in total. The van der Waals surface area contributed by atoms with Crippen LogP contribution in [0.3, 0.4) is 0 Å². The van der Waals surface area contributed by atoms with Gasteiger partial charge in [-0.2, -0.15) is 0 Å². The van der Waals surface area contributed by atoms with E-state index in [4.69, 9.17) is 11.6 Å². The number of hydrogen-bond acceptors (Lipinski definition) is 2. The average molecular weight is 297 g/mol. The molecule has 0 radical (unpaired) electrons. The molecular formula is C16H25ClN2O. The Bertz CT molecular complexity index is 480. The fourth-order valence-electron chi connectivity index (χ4n) is 2.02. The third kappa shape index (κ3) is 4.20. The molecule has 0 bridgehead atoms. The maximum Gasteiger partial charge on any atom is 0.254 e. The molecule has 0 aliphatic rings. The Morgan fingerprint density at radius 1 is 1.40 bits per heavy atom. The van der Waals surface area contributed by atoms with E-state index in [2.05, 4.69) is 39.6 Å². The van der Waals surface area contributed by atoms with Crippen molar-refractivity contribution in [1.29, 1.82) is 0 Å². The molecule has 1 unspecified atom stereocenters. The molecule has 0 fully saturated rings. The summed E-state index contributed by atoms with van der Waals surface area (Å²) in [5.41, 5.74) is 1.32. The predicted octanol–water partition coefficient (Wildman–Crippen LogP) is 4.29. The number of amides is 1. The van der Waals surface area contributed by atoms with Crippen LogP contribution in [0, 0.1) is 0 Å². The topological polar surface area (TPSA) is 33.2 Å². The summed E-state index contributed by atoms with van der Waals surface area (Å²) in [4.78, 5) is 18.6. The van der Waals surface area contributed by atoms with E-state index in [1.807, 2.05) is 13.1 Å². The number of halogens is 1. The average Bonchev–Trinajstić information content (AvgIpc) is 2.35. The van der Waals surface area contributed by atoms with E-state index in [1.54, 1.807) is 11.0 Å². The Kier molecular flexibility index (Phi) is 5.58. The van der Waals surface area contributed by atoms with Gasteiger partial charge in [-0.3, -0.25) is 4.79 Å². The molecule has 1 aromatic heterocycles. The lowest BCUT2D eigenvalue weighted by molar-refractivity contribution is 0.0736. The summed E-state index contributed by atoms with van der Waals surface area (Å²) >= 11 is 6.06. The molecule has 0 N–H and O–H groups in total. The van der Waals surface area contributed by atoms with E-state index in [0.717, 1.165) is 18.5 Å². The van der Waals surface area contributed by atoms with Gasteiger partial charge in [0.25, 0.3) is 5.91 Å². The first-order chi connectivity index (χ1) is 9.16. The Hall–Kier alpha value is -1.09. The van der Waals surface area contributed by atoms with E-state index in [1.165, 1.54) is 0 Å². The van der Waals surface area contributed by atoms with E-state index in [9.17, 15) is 4.79 Å². The van der Waals surface area contributed by atoms with Gasteiger partial charge in [0.15, 0.2) is 0 Å². The van der Waals surface area contributed by atoms with Crippen LogP contribution in [-0.4, -0.2) is 28.9 Å². The number of nitrogens with zero attached hydrogens (tertiary/aromatic N) is 2. The van der Waals surface area contributed by atoms with Gasteiger partial charge in [0.05, 0.1) is 0 Å². The summed E-state index contributed by atoms with van der Waals surface area (Å²) in [5, 5.41) is 0.373. The molecule has 1 atom stereocenters. The quantitative estimate of drug-likeness (QED) is 0.776. The summed E-state index contributed by atoms with van der Waals surface area (Å²) in [6.45, 7) is 10.4. The maximum absolute atomic E-state index is 12.5. The molecule has 0 spiro atoms. The molecule has 112 valence electrons. The van der Waals surface area contributed by atoms with Crippen molar-refractivity contribution >= 4 is 17.5 Å². The van der Waals surface area contributed by atoms with Gasteiger partial charge in [0.2, 0.25) is 0 Å². The third-order valence-electron chi connectivity index (χ3n) is 3.50. The molecular weight excluding hydrogens is 272 g/mol. The Morgan fingerprint density at radius 3 is 2.50 bits per heavy atom. The van der Waals surface area contributed by atoms with Crippen molar-refractivity contribution in [1.82, 2.24) is 9.88 Å². The van der Waals surface area contributed by atoms with Gasteiger partial charge in [-0.25, -0.2) is 4.98 Å². The standard InChI is InChI=1S/C16H25ClN2O/c1-7-8-11(2)19(6)15(20)12-9-13(16(3,4)5)18-14(17)10-12/h9-11H,7-8H2,1-6H3. The minimum absolute atomic E-state index is 0.000694. The molecule has 0 aliphatic carbocycles. The molecule has 1 amide bonds. The van der Waals surface area contributed by atoms with Gasteiger partial charge in [-0.05, 0) is 25.5 Å². The summed E-state index contributed by atoms with van der Waals surface area (Å²) in [6.07, 6.45) is 2.05. The highest BCUT2D eigenvalue weighted by atomic mass is 35.5. The summed E-state index contributed by atoms with van der Waals surface area (Å²) < 4.78 is 0. The number of carbonyl (C=O) groups excluding carboxylic acids is 1. The highest BCUT2D eigenvalue weighted by Crippen LogP contribution is 2.24. The zero-order chi connectivity index (χ0) is 15.5. The van der Waals surface area contributed by atoms with E-state index < -0.39 is 0 Å². The summed E-state index contributed by atoms with van der Waals surface area (Å²) in [5.74, 6) is 0.000694. The molecule has 0 saturated carbocycles. The number of aromatic nitrogens is 1. The second-order valence-corrected chi connectivity index (χ2v) is 6.75. The van der Waals surface area contributed by atoms with Crippen molar-refractivity contribution < 1.29 is 4.79 Å². The van der Waals surface area contributed by atoms with Gasteiger partial charge in [0.1, 0.15) is 5.15 Å². The predicted molar refractivity (Wildman–Crippen MR) is 84.4 cm³/mol. The molecule has 0 aliphatic heterocycles. The zero-order valence-corrected chi connectivity index (χ0v) is 14.1. The number of rotatable bonds is 4.